The van der Waals surface area contributed by atoms with Gasteiger partial charge in [0, 0.05) is 29.8 Å². The van der Waals surface area contributed by atoms with Gasteiger partial charge in [-0.15, -0.1) is 0 Å². The fourth-order valence-corrected chi connectivity index (χ4v) is 4.28. The average molecular weight is 329 g/mol. The van der Waals surface area contributed by atoms with Gasteiger partial charge in [-0.1, -0.05) is 11.6 Å². The van der Waals surface area contributed by atoms with E-state index < -0.39 is 0 Å². The molecule has 1 fully saturated rings. The van der Waals surface area contributed by atoms with Gasteiger partial charge in [0.2, 0.25) is 0 Å². The molecule has 23 heavy (non-hydrogen) atoms. The van der Waals surface area contributed by atoms with E-state index in [0.29, 0.717) is 0 Å². The van der Waals surface area contributed by atoms with Gasteiger partial charge in [-0.05, 0) is 43.2 Å². The summed E-state index contributed by atoms with van der Waals surface area (Å²) in [5.41, 5.74) is 1.81. The van der Waals surface area contributed by atoms with Crippen LogP contribution in [0.3, 0.4) is 0 Å². The Morgan fingerprint density at radius 3 is 2.87 bits per heavy atom. The second kappa shape index (κ2) is 4.78. The topological polar surface area (TPSA) is 38.0 Å². The molecule has 0 radical (unpaired) electrons. The summed E-state index contributed by atoms with van der Waals surface area (Å²) in [5, 5.41) is 7.82. The number of furan rings is 1. The minimum Gasteiger partial charge on any atom is -0.466 e. The SMILES string of the molecule is Clc1ccc2c(c1)[C@@H]1CC(c3ccco3)=NN1C1(CCCC1)O2. The first-order valence-electron chi connectivity index (χ1n) is 8.14. The Hall–Kier alpha value is -1.94. The van der Waals surface area contributed by atoms with Crippen LogP contribution in [0.1, 0.15) is 49.5 Å². The molecule has 2 aliphatic heterocycles. The summed E-state index contributed by atoms with van der Waals surface area (Å²) >= 11 is 6.22. The van der Waals surface area contributed by atoms with Gasteiger partial charge in [0.25, 0.3) is 0 Å². The van der Waals surface area contributed by atoms with Crippen LogP contribution in [-0.2, 0) is 0 Å². The zero-order valence-corrected chi connectivity index (χ0v) is 13.4. The number of hydrazone groups is 1. The molecule has 1 aromatic heterocycles. The molecule has 0 unspecified atom stereocenters. The Morgan fingerprint density at radius 2 is 2.09 bits per heavy atom. The van der Waals surface area contributed by atoms with Gasteiger partial charge in [0.15, 0.2) is 5.72 Å². The Kier molecular flexibility index (Phi) is 2.80. The van der Waals surface area contributed by atoms with Gasteiger partial charge >= 0.3 is 0 Å². The fourth-order valence-electron chi connectivity index (χ4n) is 4.10. The third-order valence-electron chi connectivity index (χ3n) is 5.15. The number of halogens is 1. The number of nitrogens with zero attached hydrogens (tertiary/aromatic N) is 2. The van der Waals surface area contributed by atoms with Crippen molar-refractivity contribution < 1.29 is 9.15 Å². The van der Waals surface area contributed by atoms with Crippen LogP contribution in [0, 0.1) is 0 Å². The lowest BCUT2D eigenvalue weighted by molar-refractivity contribution is -0.114. The lowest BCUT2D eigenvalue weighted by Crippen LogP contribution is -2.51. The minimum absolute atomic E-state index is 0.177. The fraction of sp³-hybridized carbons (Fsp3) is 0.389. The van der Waals surface area contributed by atoms with Crippen molar-refractivity contribution in [2.24, 2.45) is 5.10 Å². The summed E-state index contributed by atoms with van der Waals surface area (Å²) in [7, 11) is 0. The highest BCUT2D eigenvalue weighted by Gasteiger charge is 2.52. The molecule has 1 aliphatic carbocycles. The van der Waals surface area contributed by atoms with Crippen molar-refractivity contribution in [3.8, 4) is 5.75 Å². The molecule has 1 spiro atoms. The van der Waals surface area contributed by atoms with Crippen molar-refractivity contribution in [2.45, 2.75) is 43.9 Å². The first-order chi connectivity index (χ1) is 11.3. The molecule has 5 rings (SSSR count). The zero-order valence-electron chi connectivity index (χ0n) is 12.7. The molecule has 3 heterocycles. The molecular formula is C18H17ClN2O2. The van der Waals surface area contributed by atoms with Crippen LogP contribution in [0.4, 0.5) is 0 Å². The summed E-state index contributed by atoms with van der Waals surface area (Å²) in [4.78, 5) is 0. The number of hydrogen-bond donors (Lipinski definition) is 0. The zero-order chi connectivity index (χ0) is 15.4. The van der Waals surface area contributed by atoms with E-state index in [2.05, 4.69) is 5.01 Å². The van der Waals surface area contributed by atoms with Crippen LogP contribution >= 0.6 is 11.6 Å². The predicted molar refractivity (Wildman–Crippen MR) is 87.7 cm³/mol. The minimum atomic E-state index is -0.306. The maximum absolute atomic E-state index is 6.44. The molecule has 118 valence electrons. The molecular weight excluding hydrogens is 312 g/mol. The molecule has 0 amide bonds. The first-order valence-corrected chi connectivity index (χ1v) is 8.52. The third kappa shape index (κ3) is 1.94. The van der Waals surface area contributed by atoms with Crippen molar-refractivity contribution in [3.63, 3.8) is 0 Å². The quantitative estimate of drug-likeness (QED) is 0.758. The maximum atomic E-state index is 6.44. The average Bonchev–Trinajstić information content (AvgIpc) is 3.28. The maximum Gasteiger partial charge on any atom is 0.198 e. The Labute approximate surface area is 139 Å². The van der Waals surface area contributed by atoms with Crippen LogP contribution < -0.4 is 4.74 Å². The highest BCUT2D eigenvalue weighted by atomic mass is 35.5. The monoisotopic (exact) mass is 328 g/mol. The van der Waals surface area contributed by atoms with E-state index in [0.717, 1.165) is 47.1 Å². The summed E-state index contributed by atoms with van der Waals surface area (Å²) in [5.74, 6) is 1.80. The second-order valence-corrected chi connectivity index (χ2v) is 6.96. The largest absolute Gasteiger partial charge is 0.466 e. The van der Waals surface area contributed by atoms with Crippen LogP contribution in [-0.4, -0.2) is 16.4 Å². The molecule has 1 atom stereocenters. The Balaban J connectivity index is 1.63. The smallest absolute Gasteiger partial charge is 0.198 e. The normalized spacial score (nSPS) is 24.3. The number of ether oxygens (including phenoxy) is 1. The van der Waals surface area contributed by atoms with Crippen molar-refractivity contribution in [3.05, 3.63) is 52.9 Å². The van der Waals surface area contributed by atoms with Crippen LogP contribution in [0.5, 0.6) is 5.75 Å². The van der Waals surface area contributed by atoms with Crippen molar-refractivity contribution in [1.29, 1.82) is 0 Å². The molecule has 1 saturated carbocycles. The van der Waals surface area contributed by atoms with E-state index in [9.17, 15) is 0 Å². The number of rotatable bonds is 1. The summed E-state index contributed by atoms with van der Waals surface area (Å²) < 4.78 is 12.0. The van der Waals surface area contributed by atoms with Gasteiger partial charge in [-0.25, -0.2) is 5.01 Å². The lowest BCUT2D eigenvalue weighted by atomic mass is 9.95. The van der Waals surface area contributed by atoms with Crippen LogP contribution in [0.25, 0.3) is 0 Å². The van der Waals surface area contributed by atoms with E-state index in [1.165, 1.54) is 12.8 Å². The van der Waals surface area contributed by atoms with E-state index in [1.807, 2.05) is 30.3 Å². The van der Waals surface area contributed by atoms with E-state index in [-0.39, 0.29) is 11.8 Å². The Morgan fingerprint density at radius 1 is 1.22 bits per heavy atom. The number of benzene rings is 1. The first kappa shape index (κ1) is 13.5. The molecule has 3 aliphatic rings. The van der Waals surface area contributed by atoms with Crippen molar-refractivity contribution in [2.75, 3.05) is 0 Å². The van der Waals surface area contributed by atoms with Gasteiger partial charge in [-0.3, -0.25) is 0 Å². The molecule has 1 aromatic carbocycles. The van der Waals surface area contributed by atoms with Crippen LogP contribution in [0.15, 0.2) is 46.1 Å². The molecule has 0 N–H and O–H groups in total. The Bertz CT molecular complexity index is 778. The van der Waals surface area contributed by atoms with Crippen molar-refractivity contribution >= 4 is 17.3 Å². The summed E-state index contributed by atoms with van der Waals surface area (Å²) in [6.45, 7) is 0. The molecule has 5 heteroatoms. The van der Waals surface area contributed by atoms with Crippen LogP contribution in [0.2, 0.25) is 5.02 Å². The second-order valence-electron chi connectivity index (χ2n) is 6.53. The summed E-state index contributed by atoms with van der Waals surface area (Å²) in [6.07, 6.45) is 6.91. The molecule has 4 nitrogen and oxygen atoms in total. The van der Waals surface area contributed by atoms with Gasteiger partial charge in [-0.2, -0.15) is 5.10 Å². The van der Waals surface area contributed by atoms with Gasteiger partial charge in [0.1, 0.15) is 17.2 Å². The molecule has 0 bridgehead atoms. The van der Waals surface area contributed by atoms with Gasteiger partial charge in [0.05, 0.1) is 12.3 Å². The number of fused-ring (bicyclic) bond motifs is 4. The third-order valence-corrected chi connectivity index (χ3v) is 5.38. The summed E-state index contributed by atoms with van der Waals surface area (Å²) in [6, 6.07) is 9.97. The predicted octanol–water partition coefficient (Wildman–Crippen LogP) is 4.75. The molecule has 2 aromatic rings. The van der Waals surface area contributed by atoms with Gasteiger partial charge < -0.3 is 9.15 Å². The van der Waals surface area contributed by atoms with Crippen molar-refractivity contribution in [1.82, 2.24) is 5.01 Å². The number of hydrogen-bond acceptors (Lipinski definition) is 4. The highest BCUT2D eigenvalue weighted by molar-refractivity contribution is 6.30. The van der Waals surface area contributed by atoms with E-state index in [4.69, 9.17) is 25.9 Å². The standard InChI is InChI=1S/C18H17ClN2O2/c19-12-5-6-16-13(10-12)15-11-14(17-4-3-9-22-17)20-21(15)18(23-16)7-1-2-8-18/h3-6,9-10,15H,1-2,7-8,11H2/t15-/m0/s1. The highest BCUT2D eigenvalue weighted by Crippen LogP contribution is 2.52. The lowest BCUT2D eigenvalue weighted by Gasteiger charge is -2.45. The van der Waals surface area contributed by atoms with E-state index in [1.54, 1.807) is 6.26 Å². The molecule has 0 saturated heterocycles. The van der Waals surface area contributed by atoms with E-state index >= 15 is 0 Å².